The Balaban J connectivity index is 1.85. The molecule has 1 aliphatic carbocycles. The second-order valence-electron chi connectivity index (χ2n) is 4.28. The van der Waals surface area contributed by atoms with Crippen LogP contribution < -0.4 is 5.32 Å². The molecule has 62 valence electrons. The lowest BCUT2D eigenvalue weighted by molar-refractivity contribution is 0.150. The van der Waals surface area contributed by atoms with E-state index in [9.17, 15) is 0 Å². The lowest BCUT2D eigenvalue weighted by atomic mass is 10.0. The van der Waals surface area contributed by atoms with E-state index in [4.69, 9.17) is 0 Å². The minimum Gasteiger partial charge on any atom is -0.308 e. The molecular formula is C9H16N2. The number of hydrogen-bond donors (Lipinski definition) is 1. The minimum absolute atomic E-state index is 0.606. The molecule has 0 radical (unpaired) electrons. The van der Waals surface area contributed by atoms with Gasteiger partial charge in [0.1, 0.15) is 0 Å². The first-order valence-corrected chi connectivity index (χ1v) is 4.90. The molecule has 1 saturated carbocycles. The van der Waals surface area contributed by atoms with Crippen LogP contribution in [-0.4, -0.2) is 36.1 Å². The van der Waals surface area contributed by atoms with Crippen LogP contribution in [0.2, 0.25) is 0 Å². The van der Waals surface area contributed by atoms with Crippen molar-refractivity contribution in [2.45, 2.75) is 37.3 Å². The Kier molecular flexibility index (Phi) is 1.16. The van der Waals surface area contributed by atoms with E-state index in [-0.39, 0.29) is 0 Å². The average molecular weight is 152 g/mol. The Morgan fingerprint density at radius 1 is 1.27 bits per heavy atom. The summed E-state index contributed by atoms with van der Waals surface area (Å²) in [5.74, 6) is 0. The lowest BCUT2D eigenvalue weighted by Crippen LogP contribution is -2.56. The van der Waals surface area contributed by atoms with E-state index >= 15 is 0 Å². The predicted molar refractivity (Wildman–Crippen MR) is 44.6 cm³/mol. The van der Waals surface area contributed by atoms with Crippen molar-refractivity contribution in [2.75, 3.05) is 19.6 Å². The second-order valence-corrected chi connectivity index (χ2v) is 4.28. The zero-order valence-corrected chi connectivity index (χ0v) is 6.97. The van der Waals surface area contributed by atoms with E-state index in [2.05, 4.69) is 10.2 Å². The van der Waals surface area contributed by atoms with E-state index in [1.807, 2.05) is 0 Å². The molecule has 1 unspecified atom stereocenters. The first-order chi connectivity index (χ1) is 5.41. The molecule has 3 rings (SSSR count). The van der Waals surface area contributed by atoms with Crippen LogP contribution in [0, 0.1) is 0 Å². The third kappa shape index (κ3) is 0.798. The molecule has 2 nitrogen and oxygen atoms in total. The van der Waals surface area contributed by atoms with E-state index in [0.717, 1.165) is 6.04 Å². The fourth-order valence-electron chi connectivity index (χ4n) is 2.93. The van der Waals surface area contributed by atoms with Crippen LogP contribution in [0.3, 0.4) is 0 Å². The van der Waals surface area contributed by atoms with E-state index < -0.39 is 0 Å². The van der Waals surface area contributed by atoms with E-state index in [0.29, 0.717) is 5.54 Å². The third-order valence-electron chi connectivity index (χ3n) is 3.67. The maximum atomic E-state index is 3.70. The highest BCUT2D eigenvalue weighted by Gasteiger charge is 2.53. The van der Waals surface area contributed by atoms with Crippen LogP contribution in [-0.2, 0) is 0 Å². The second kappa shape index (κ2) is 1.99. The van der Waals surface area contributed by atoms with Crippen molar-refractivity contribution in [3.05, 3.63) is 0 Å². The van der Waals surface area contributed by atoms with Gasteiger partial charge in [-0.05, 0) is 32.2 Å². The normalized spacial score (nSPS) is 40.9. The highest BCUT2D eigenvalue weighted by atomic mass is 15.3. The van der Waals surface area contributed by atoms with Crippen LogP contribution >= 0.6 is 0 Å². The van der Waals surface area contributed by atoms with Gasteiger partial charge in [-0.1, -0.05) is 0 Å². The number of nitrogens with zero attached hydrogens (tertiary/aromatic N) is 1. The van der Waals surface area contributed by atoms with E-state index in [1.165, 1.54) is 45.3 Å². The third-order valence-corrected chi connectivity index (χ3v) is 3.67. The summed E-state index contributed by atoms with van der Waals surface area (Å²) in [7, 11) is 0. The SMILES string of the molecule is C1CC2N(C1)CCNC21CC1. The summed E-state index contributed by atoms with van der Waals surface area (Å²) in [6.07, 6.45) is 5.77. The Hall–Kier alpha value is -0.0800. The lowest BCUT2D eigenvalue weighted by Gasteiger charge is -2.38. The van der Waals surface area contributed by atoms with E-state index in [1.54, 1.807) is 0 Å². The van der Waals surface area contributed by atoms with Gasteiger partial charge < -0.3 is 5.32 Å². The molecule has 0 bridgehead atoms. The average Bonchev–Trinajstić information content (AvgIpc) is 2.63. The van der Waals surface area contributed by atoms with Crippen molar-refractivity contribution in [3.63, 3.8) is 0 Å². The highest BCUT2D eigenvalue weighted by Crippen LogP contribution is 2.45. The summed E-state index contributed by atoms with van der Waals surface area (Å²) in [5, 5.41) is 3.70. The standard InChI is InChI=1S/C9H16N2/c1-2-8-9(3-4-9)10-5-7-11(8)6-1/h8,10H,1-7H2. The van der Waals surface area contributed by atoms with Gasteiger partial charge in [0.15, 0.2) is 0 Å². The highest BCUT2D eigenvalue weighted by molar-refractivity contribution is 5.14. The van der Waals surface area contributed by atoms with Crippen LogP contribution in [0.4, 0.5) is 0 Å². The van der Waals surface area contributed by atoms with Crippen LogP contribution in [0.15, 0.2) is 0 Å². The van der Waals surface area contributed by atoms with Gasteiger partial charge >= 0.3 is 0 Å². The first kappa shape index (κ1) is 6.44. The van der Waals surface area contributed by atoms with Crippen molar-refractivity contribution < 1.29 is 0 Å². The molecule has 0 amide bonds. The Bertz CT molecular complexity index is 174. The molecule has 0 aromatic carbocycles. The Morgan fingerprint density at radius 3 is 3.00 bits per heavy atom. The zero-order chi connectivity index (χ0) is 7.31. The Morgan fingerprint density at radius 2 is 2.18 bits per heavy atom. The maximum Gasteiger partial charge on any atom is 0.0339 e. The van der Waals surface area contributed by atoms with Gasteiger partial charge in [-0.25, -0.2) is 0 Å². The van der Waals surface area contributed by atoms with Crippen molar-refractivity contribution in [2.24, 2.45) is 0 Å². The topological polar surface area (TPSA) is 15.3 Å². The number of piperazine rings is 1. The zero-order valence-electron chi connectivity index (χ0n) is 6.97. The molecule has 3 aliphatic rings. The molecule has 2 aliphatic heterocycles. The van der Waals surface area contributed by atoms with Gasteiger partial charge in [0.05, 0.1) is 0 Å². The monoisotopic (exact) mass is 152 g/mol. The van der Waals surface area contributed by atoms with Gasteiger partial charge in [-0.2, -0.15) is 0 Å². The summed E-state index contributed by atoms with van der Waals surface area (Å²) in [6.45, 7) is 3.90. The number of rotatable bonds is 0. The summed E-state index contributed by atoms with van der Waals surface area (Å²) < 4.78 is 0. The smallest absolute Gasteiger partial charge is 0.0339 e. The quantitative estimate of drug-likeness (QED) is 0.546. The first-order valence-electron chi connectivity index (χ1n) is 4.90. The molecule has 2 saturated heterocycles. The number of fused-ring (bicyclic) bond motifs is 2. The molecule has 0 aromatic heterocycles. The molecular weight excluding hydrogens is 136 g/mol. The Labute approximate surface area is 68.0 Å². The van der Waals surface area contributed by atoms with Gasteiger partial charge in [0, 0.05) is 24.7 Å². The fraction of sp³-hybridized carbons (Fsp3) is 1.00. The van der Waals surface area contributed by atoms with Gasteiger partial charge in [-0.3, -0.25) is 4.90 Å². The summed E-state index contributed by atoms with van der Waals surface area (Å²) in [5.41, 5.74) is 0.606. The molecule has 2 heteroatoms. The van der Waals surface area contributed by atoms with Crippen LogP contribution in [0.25, 0.3) is 0 Å². The predicted octanol–water partition coefficient (Wildman–Crippen LogP) is 0.587. The van der Waals surface area contributed by atoms with Crippen molar-refractivity contribution >= 4 is 0 Å². The molecule has 0 aromatic rings. The van der Waals surface area contributed by atoms with Crippen molar-refractivity contribution in [1.29, 1.82) is 0 Å². The van der Waals surface area contributed by atoms with Crippen molar-refractivity contribution in [1.82, 2.24) is 10.2 Å². The minimum atomic E-state index is 0.606. The van der Waals surface area contributed by atoms with Gasteiger partial charge in [-0.15, -0.1) is 0 Å². The van der Waals surface area contributed by atoms with Gasteiger partial charge in [0.25, 0.3) is 0 Å². The summed E-state index contributed by atoms with van der Waals surface area (Å²) >= 11 is 0. The van der Waals surface area contributed by atoms with Crippen LogP contribution in [0.5, 0.6) is 0 Å². The largest absolute Gasteiger partial charge is 0.308 e. The maximum absolute atomic E-state index is 3.70. The molecule has 1 atom stereocenters. The summed E-state index contributed by atoms with van der Waals surface area (Å²) in [6, 6.07) is 0.913. The molecule has 11 heavy (non-hydrogen) atoms. The molecule has 2 heterocycles. The number of nitrogens with one attached hydrogen (secondary N) is 1. The number of hydrogen-bond acceptors (Lipinski definition) is 2. The molecule has 1 spiro atoms. The fourth-order valence-corrected chi connectivity index (χ4v) is 2.93. The van der Waals surface area contributed by atoms with Crippen molar-refractivity contribution in [3.8, 4) is 0 Å². The summed E-state index contributed by atoms with van der Waals surface area (Å²) in [4.78, 5) is 2.70. The van der Waals surface area contributed by atoms with Crippen LogP contribution in [0.1, 0.15) is 25.7 Å². The molecule has 1 N–H and O–H groups in total. The van der Waals surface area contributed by atoms with Gasteiger partial charge in [0.2, 0.25) is 0 Å². The molecule has 3 fully saturated rings.